The summed E-state index contributed by atoms with van der Waals surface area (Å²) in [7, 11) is 4.49. The van der Waals surface area contributed by atoms with Crippen molar-refractivity contribution in [1.29, 1.82) is 0 Å². The van der Waals surface area contributed by atoms with E-state index in [-0.39, 0.29) is 0 Å². The maximum atomic E-state index is 2.51. The van der Waals surface area contributed by atoms with Crippen LogP contribution in [0.15, 0.2) is 0 Å². The zero-order chi connectivity index (χ0) is 9.07. The van der Waals surface area contributed by atoms with E-state index < -0.39 is 18.7 Å². The molecule has 0 aromatic rings. The first-order chi connectivity index (χ1) is 4.86. The van der Waals surface area contributed by atoms with Crippen LogP contribution in [0.1, 0.15) is 20.3 Å². The molecule has 0 atom stereocenters. The Bertz CT molecular complexity index is 108. The third-order valence-electron chi connectivity index (χ3n) is 2.54. The summed E-state index contributed by atoms with van der Waals surface area (Å²) in [6.07, 6.45) is 1.42. The van der Waals surface area contributed by atoms with Gasteiger partial charge in [0, 0.05) is 0 Å². The Balaban J connectivity index is 3.73. The van der Waals surface area contributed by atoms with Crippen molar-refractivity contribution in [2.75, 3.05) is 14.1 Å². The van der Waals surface area contributed by atoms with Crippen molar-refractivity contribution >= 4 is 18.7 Å². The van der Waals surface area contributed by atoms with Crippen molar-refractivity contribution in [2.24, 2.45) is 5.92 Å². The van der Waals surface area contributed by atoms with Gasteiger partial charge in [0.1, 0.15) is 0 Å². The molecule has 0 unspecified atom stereocenters. The third kappa shape index (κ3) is 5.07. The van der Waals surface area contributed by atoms with Crippen molar-refractivity contribution in [3.05, 3.63) is 0 Å². The molecular weight excluding hydrogens is 241 g/mol. The maximum absolute atomic E-state index is 2.51. The van der Waals surface area contributed by atoms with Gasteiger partial charge in [-0.2, -0.15) is 0 Å². The first-order valence-electron chi connectivity index (χ1n) is 4.53. The van der Waals surface area contributed by atoms with Crippen molar-refractivity contribution < 1.29 is 0 Å². The molecule has 0 heterocycles. The van der Waals surface area contributed by atoms with E-state index in [4.69, 9.17) is 0 Å². The van der Waals surface area contributed by atoms with Gasteiger partial charge >= 0.3 is 76.4 Å². The minimum absolute atomic E-state index is 0.880. The van der Waals surface area contributed by atoms with Crippen LogP contribution in [0.5, 0.6) is 0 Å². The number of hydrogen-bond acceptors (Lipinski definition) is 1. The van der Waals surface area contributed by atoms with E-state index in [2.05, 4.69) is 40.9 Å². The average molecular weight is 264 g/mol. The average Bonchev–Trinajstić information content (AvgIpc) is 1.84. The Morgan fingerprint density at radius 2 is 1.64 bits per heavy atom. The molecule has 0 bridgehead atoms. The summed E-state index contributed by atoms with van der Waals surface area (Å²) >= 11 is -1.71. The number of rotatable bonds is 4. The fraction of sp³-hybridized carbons (Fsp3) is 1.00. The van der Waals surface area contributed by atoms with Crippen LogP contribution in [-0.2, 0) is 0 Å². The predicted octanol–water partition coefficient (Wildman–Crippen LogP) is 2.80. The van der Waals surface area contributed by atoms with Crippen LogP contribution < -0.4 is 0 Å². The zero-order valence-electron chi connectivity index (χ0n) is 8.94. The fourth-order valence-corrected chi connectivity index (χ4v) is 5.81. The summed E-state index contributed by atoms with van der Waals surface area (Å²) in [6.45, 7) is 4.63. The Morgan fingerprint density at radius 1 is 1.18 bits per heavy atom. The second-order valence-electron chi connectivity index (χ2n) is 4.64. The van der Waals surface area contributed by atoms with E-state index in [1.54, 1.807) is 0 Å². The van der Waals surface area contributed by atoms with Gasteiger partial charge in [-0.1, -0.05) is 0 Å². The molecule has 0 saturated carbocycles. The Morgan fingerprint density at radius 3 is 1.91 bits per heavy atom. The molecule has 0 amide bonds. The van der Waals surface area contributed by atoms with Crippen LogP contribution in [0.4, 0.5) is 0 Å². The molecule has 0 aromatic heterocycles. The molecule has 0 aliphatic heterocycles. The van der Waals surface area contributed by atoms with Crippen molar-refractivity contribution in [2.45, 2.75) is 34.6 Å². The van der Waals surface area contributed by atoms with Crippen molar-refractivity contribution in [3.63, 3.8) is 0 Å². The first-order valence-corrected chi connectivity index (χ1v) is 13.5. The summed E-state index contributed by atoms with van der Waals surface area (Å²) in [5.41, 5.74) is 0. The molecule has 1 nitrogen and oxygen atoms in total. The molecule has 0 fully saturated rings. The van der Waals surface area contributed by atoms with E-state index >= 15 is 0 Å². The Labute approximate surface area is 76.4 Å². The van der Waals surface area contributed by atoms with Crippen LogP contribution in [0.3, 0.4) is 0 Å². The molecule has 0 aliphatic rings. The molecule has 0 N–H and O–H groups in total. The number of nitrogens with zero attached hydrogens (tertiary/aromatic N) is 1. The molecule has 0 aliphatic carbocycles. The van der Waals surface area contributed by atoms with Gasteiger partial charge in [0.15, 0.2) is 0 Å². The molecule has 0 radical (unpaired) electrons. The SMILES string of the molecule is CC(C)C[CH2][Sn]([CH3])([CH3])[N](C)C. The van der Waals surface area contributed by atoms with Crippen LogP contribution in [0, 0.1) is 5.92 Å². The summed E-state index contributed by atoms with van der Waals surface area (Å²) < 4.78 is 4.01. The van der Waals surface area contributed by atoms with Gasteiger partial charge in [-0.3, -0.25) is 0 Å². The van der Waals surface area contributed by atoms with Crippen LogP contribution in [-0.4, -0.2) is 35.9 Å². The van der Waals surface area contributed by atoms with Gasteiger partial charge in [-0.25, -0.2) is 0 Å². The standard InChI is InChI=1S/C5H11.C2H6N.2CH3.Sn/c1-4-5(2)3;1-3-2;;;/h5H,1,4H2,2-3H3;1-2H3;2*1H3;/q;-1;;;+1. The molecule has 11 heavy (non-hydrogen) atoms. The topological polar surface area (TPSA) is 3.24 Å². The summed E-state index contributed by atoms with van der Waals surface area (Å²) in [5, 5.41) is 0. The summed E-state index contributed by atoms with van der Waals surface area (Å²) in [4.78, 5) is 5.02. The van der Waals surface area contributed by atoms with E-state index in [1.165, 1.54) is 10.9 Å². The monoisotopic (exact) mass is 265 g/mol. The Hall–Kier alpha value is 0.759. The van der Waals surface area contributed by atoms with Crippen molar-refractivity contribution in [3.8, 4) is 0 Å². The summed E-state index contributed by atoms with van der Waals surface area (Å²) in [6, 6.07) is 0. The van der Waals surface area contributed by atoms with E-state index in [0.29, 0.717) is 0 Å². The molecule has 0 rings (SSSR count). The van der Waals surface area contributed by atoms with Crippen LogP contribution >= 0.6 is 0 Å². The first kappa shape index (κ1) is 11.8. The van der Waals surface area contributed by atoms with Gasteiger partial charge in [-0.05, 0) is 0 Å². The van der Waals surface area contributed by atoms with Crippen LogP contribution in [0.2, 0.25) is 14.3 Å². The van der Waals surface area contributed by atoms with Gasteiger partial charge in [-0.15, -0.1) is 0 Å². The van der Waals surface area contributed by atoms with E-state index in [0.717, 1.165) is 5.92 Å². The predicted molar refractivity (Wildman–Crippen MR) is 55.4 cm³/mol. The van der Waals surface area contributed by atoms with Crippen molar-refractivity contribution in [1.82, 2.24) is 3.12 Å². The minimum atomic E-state index is -1.71. The second kappa shape index (κ2) is 4.70. The van der Waals surface area contributed by atoms with E-state index in [9.17, 15) is 0 Å². The molecule has 0 saturated heterocycles. The van der Waals surface area contributed by atoms with Crippen LogP contribution in [0.25, 0.3) is 0 Å². The summed E-state index contributed by atoms with van der Waals surface area (Å²) in [5.74, 6) is 0.880. The second-order valence-corrected chi connectivity index (χ2v) is 19.0. The zero-order valence-corrected chi connectivity index (χ0v) is 11.8. The Kier molecular flexibility index (Phi) is 5.03. The number of hydrogen-bond donors (Lipinski definition) is 0. The molecule has 0 aromatic carbocycles. The normalized spacial score (nSPS) is 13.1. The van der Waals surface area contributed by atoms with Gasteiger partial charge < -0.3 is 0 Å². The quantitative estimate of drug-likeness (QED) is 0.706. The fourth-order valence-electron chi connectivity index (χ4n) is 0.866. The van der Waals surface area contributed by atoms with Gasteiger partial charge in [0.25, 0.3) is 0 Å². The molecular formula is C9H23NSn. The third-order valence-corrected chi connectivity index (χ3v) is 13.8. The molecule has 0 spiro atoms. The van der Waals surface area contributed by atoms with Gasteiger partial charge in [0.2, 0.25) is 0 Å². The van der Waals surface area contributed by atoms with Gasteiger partial charge in [0.05, 0.1) is 0 Å². The molecule has 2 heteroatoms. The van der Waals surface area contributed by atoms with E-state index in [1.807, 2.05) is 0 Å². The molecule has 68 valence electrons.